The fourth-order valence-corrected chi connectivity index (χ4v) is 1.73. The van der Waals surface area contributed by atoms with Crippen LogP contribution in [0.5, 0.6) is 0 Å². The van der Waals surface area contributed by atoms with Crippen molar-refractivity contribution in [3.05, 3.63) is 34.6 Å². The van der Waals surface area contributed by atoms with Crippen LogP contribution in [0.15, 0.2) is 18.2 Å². The van der Waals surface area contributed by atoms with Gasteiger partial charge in [-0.05, 0) is 37.6 Å². The number of likely N-dealkylation sites (N-methyl/N-ethyl adjacent to an activating group) is 1. The van der Waals surface area contributed by atoms with Gasteiger partial charge >= 0.3 is 0 Å². The molecular formula is C12H17ClFNO. The molecule has 1 atom stereocenters. The molecule has 0 aliphatic rings. The maximum atomic E-state index is 13.5. The second-order valence-corrected chi connectivity index (χ2v) is 4.15. The molecule has 4 heteroatoms. The van der Waals surface area contributed by atoms with Crippen LogP contribution in [0.1, 0.15) is 12.0 Å². The van der Waals surface area contributed by atoms with E-state index in [1.165, 1.54) is 6.07 Å². The lowest BCUT2D eigenvalue weighted by Gasteiger charge is -2.15. The first-order valence-corrected chi connectivity index (χ1v) is 5.65. The molecule has 0 heterocycles. The smallest absolute Gasteiger partial charge is 0.127 e. The van der Waals surface area contributed by atoms with Gasteiger partial charge in [0.15, 0.2) is 0 Å². The summed E-state index contributed by atoms with van der Waals surface area (Å²) in [6, 6.07) is 5.05. The minimum absolute atomic E-state index is 0.236. The number of halogens is 2. The Hall–Kier alpha value is -0.640. The molecule has 0 aliphatic heterocycles. The van der Waals surface area contributed by atoms with Crippen molar-refractivity contribution in [2.24, 2.45) is 0 Å². The number of hydrogen-bond acceptors (Lipinski definition) is 2. The molecule has 0 spiro atoms. The quantitative estimate of drug-likeness (QED) is 0.832. The first-order valence-electron chi connectivity index (χ1n) is 5.27. The fraction of sp³-hybridized carbons (Fsp3) is 0.500. The Morgan fingerprint density at radius 3 is 2.81 bits per heavy atom. The molecule has 0 radical (unpaired) electrons. The summed E-state index contributed by atoms with van der Waals surface area (Å²) in [6.07, 6.45) is 1.51. The van der Waals surface area contributed by atoms with Crippen molar-refractivity contribution in [2.75, 3.05) is 20.8 Å². The second kappa shape index (κ2) is 6.84. The molecular weight excluding hydrogens is 229 g/mol. The summed E-state index contributed by atoms with van der Waals surface area (Å²) >= 11 is 5.68. The van der Waals surface area contributed by atoms with Gasteiger partial charge in [-0.2, -0.15) is 0 Å². The SMILES string of the molecule is CNC(CCc1ccc(Cl)cc1F)COC. The lowest BCUT2D eigenvalue weighted by atomic mass is 10.1. The first kappa shape index (κ1) is 13.4. The number of hydrogen-bond donors (Lipinski definition) is 1. The molecule has 0 saturated carbocycles. The molecule has 1 aromatic carbocycles. The van der Waals surface area contributed by atoms with E-state index in [-0.39, 0.29) is 11.9 Å². The minimum atomic E-state index is -0.236. The molecule has 1 rings (SSSR count). The molecule has 0 fully saturated rings. The zero-order valence-corrected chi connectivity index (χ0v) is 10.4. The van der Waals surface area contributed by atoms with Crippen LogP contribution < -0.4 is 5.32 Å². The molecule has 2 nitrogen and oxygen atoms in total. The summed E-state index contributed by atoms with van der Waals surface area (Å²) in [5.41, 5.74) is 0.695. The summed E-state index contributed by atoms with van der Waals surface area (Å²) < 4.78 is 18.5. The fourth-order valence-electron chi connectivity index (χ4n) is 1.57. The summed E-state index contributed by atoms with van der Waals surface area (Å²) in [5.74, 6) is -0.236. The van der Waals surface area contributed by atoms with Gasteiger partial charge in [0.1, 0.15) is 5.82 Å². The van der Waals surface area contributed by atoms with Gasteiger partial charge in [0.05, 0.1) is 6.61 Å². The number of rotatable bonds is 6. The molecule has 1 unspecified atom stereocenters. The van der Waals surface area contributed by atoms with Crippen molar-refractivity contribution in [1.82, 2.24) is 5.32 Å². The highest BCUT2D eigenvalue weighted by Crippen LogP contribution is 2.16. The van der Waals surface area contributed by atoms with Crippen LogP contribution in [0.25, 0.3) is 0 Å². The highest BCUT2D eigenvalue weighted by molar-refractivity contribution is 6.30. The monoisotopic (exact) mass is 245 g/mol. The van der Waals surface area contributed by atoms with Crippen LogP contribution in [0.4, 0.5) is 4.39 Å². The average Bonchev–Trinajstić information content (AvgIpc) is 2.26. The van der Waals surface area contributed by atoms with E-state index in [1.807, 2.05) is 7.05 Å². The van der Waals surface area contributed by atoms with Crippen LogP contribution in [0.3, 0.4) is 0 Å². The first-order chi connectivity index (χ1) is 7.67. The zero-order chi connectivity index (χ0) is 12.0. The van der Waals surface area contributed by atoms with Gasteiger partial charge in [-0.25, -0.2) is 4.39 Å². The van der Waals surface area contributed by atoms with Gasteiger partial charge in [-0.1, -0.05) is 17.7 Å². The third kappa shape index (κ3) is 4.08. The van der Waals surface area contributed by atoms with Gasteiger partial charge in [0, 0.05) is 18.2 Å². The number of nitrogens with one attached hydrogen (secondary N) is 1. The third-order valence-corrected chi connectivity index (χ3v) is 2.79. The van der Waals surface area contributed by atoms with Crippen LogP contribution >= 0.6 is 11.6 Å². The number of aryl methyl sites for hydroxylation is 1. The summed E-state index contributed by atoms with van der Waals surface area (Å²) in [6.45, 7) is 0.631. The Bertz CT molecular complexity index is 333. The van der Waals surface area contributed by atoms with Gasteiger partial charge < -0.3 is 10.1 Å². The van der Waals surface area contributed by atoms with E-state index < -0.39 is 0 Å². The summed E-state index contributed by atoms with van der Waals surface area (Å²) in [7, 11) is 3.54. The highest BCUT2D eigenvalue weighted by Gasteiger charge is 2.08. The number of ether oxygens (including phenoxy) is 1. The van der Waals surface area contributed by atoms with Crippen molar-refractivity contribution in [3.8, 4) is 0 Å². The van der Waals surface area contributed by atoms with E-state index in [0.29, 0.717) is 23.6 Å². The van der Waals surface area contributed by atoms with E-state index in [9.17, 15) is 4.39 Å². The Morgan fingerprint density at radius 1 is 1.50 bits per heavy atom. The van der Waals surface area contributed by atoms with Crippen molar-refractivity contribution >= 4 is 11.6 Å². The largest absolute Gasteiger partial charge is 0.383 e. The maximum absolute atomic E-state index is 13.5. The third-order valence-electron chi connectivity index (χ3n) is 2.55. The maximum Gasteiger partial charge on any atom is 0.127 e. The molecule has 0 amide bonds. The van der Waals surface area contributed by atoms with E-state index in [1.54, 1.807) is 19.2 Å². The van der Waals surface area contributed by atoms with Gasteiger partial charge in [-0.3, -0.25) is 0 Å². The van der Waals surface area contributed by atoms with Gasteiger partial charge in [-0.15, -0.1) is 0 Å². The highest BCUT2D eigenvalue weighted by atomic mass is 35.5. The minimum Gasteiger partial charge on any atom is -0.383 e. The number of benzene rings is 1. The van der Waals surface area contributed by atoms with Crippen LogP contribution in [-0.4, -0.2) is 26.8 Å². The van der Waals surface area contributed by atoms with E-state index in [2.05, 4.69) is 5.32 Å². The molecule has 0 aliphatic carbocycles. The van der Waals surface area contributed by atoms with E-state index in [4.69, 9.17) is 16.3 Å². The van der Waals surface area contributed by atoms with Crippen LogP contribution in [0, 0.1) is 5.82 Å². The van der Waals surface area contributed by atoms with Crippen molar-refractivity contribution in [3.63, 3.8) is 0 Å². The predicted octanol–water partition coefficient (Wildman–Crippen LogP) is 2.65. The van der Waals surface area contributed by atoms with Crippen LogP contribution in [0.2, 0.25) is 5.02 Å². The van der Waals surface area contributed by atoms with Gasteiger partial charge in [0.25, 0.3) is 0 Å². The van der Waals surface area contributed by atoms with Crippen molar-refractivity contribution in [2.45, 2.75) is 18.9 Å². The zero-order valence-electron chi connectivity index (χ0n) is 9.59. The van der Waals surface area contributed by atoms with E-state index >= 15 is 0 Å². The molecule has 16 heavy (non-hydrogen) atoms. The molecule has 1 N–H and O–H groups in total. The molecule has 90 valence electrons. The molecule has 0 saturated heterocycles. The van der Waals surface area contributed by atoms with E-state index in [0.717, 1.165) is 6.42 Å². The Morgan fingerprint density at radius 2 is 2.25 bits per heavy atom. The topological polar surface area (TPSA) is 21.3 Å². The van der Waals surface area contributed by atoms with Crippen molar-refractivity contribution < 1.29 is 9.13 Å². The molecule has 1 aromatic rings. The lowest BCUT2D eigenvalue weighted by Crippen LogP contribution is -2.30. The molecule has 0 bridgehead atoms. The summed E-state index contributed by atoms with van der Waals surface area (Å²) in [4.78, 5) is 0. The Kier molecular flexibility index (Phi) is 5.74. The lowest BCUT2D eigenvalue weighted by molar-refractivity contribution is 0.166. The normalized spacial score (nSPS) is 12.8. The molecule has 0 aromatic heterocycles. The van der Waals surface area contributed by atoms with Crippen LogP contribution in [-0.2, 0) is 11.2 Å². The second-order valence-electron chi connectivity index (χ2n) is 3.72. The number of methoxy groups -OCH3 is 1. The van der Waals surface area contributed by atoms with Gasteiger partial charge in [0.2, 0.25) is 0 Å². The summed E-state index contributed by atoms with van der Waals surface area (Å²) in [5, 5.41) is 3.56. The predicted molar refractivity (Wildman–Crippen MR) is 64.5 cm³/mol. The average molecular weight is 246 g/mol. The Balaban J connectivity index is 2.53. The Labute approximate surface area is 101 Å². The standard InChI is InChI=1S/C12H17ClFNO/c1-15-11(8-16-2)6-4-9-3-5-10(13)7-12(9)14/h3,5,7,11,15H,4,6,8H2,1-2H3. The van der Waals surface area contributed by atoms with Crippen molar-refractivity contribution in [1.29, 1.82) is 0 Å².